The first-order valence-corrected chi connectivity index (χ1v) is 13.4. The maximum Gasteiger partial charge on any atom is 0.792 e. The van der Waals surface area contributed by atoms with E-state index in [1.165, 1.54) is 0 Å². The van der Waals surface area contributed by atoms with Gasteiger partial charge in [-0.3, -0.25) is 0 Å². The molecule has 0 aliphatic heterocycles. The molecule has 16 nitrogen and oxygen atoms in total. The Labute approximate surface area is 219 Å². The average molecular weight is 569 g/mol. The molecule has 17 heteroatoms. The molecule has 0 spiro atoms. The second kappa shape index (κ2) is 30.1. The van der Waals surface area contributed by atoms with Crippen LogP contribution in [-0.2, 0) is 75.8 Å². The van der Waals surface area contributed by atoms with Gasteiger partial charge in [-0.1, -0.05) is 0 Å². The van der Waals surface area contributed by atoms with Gasteiger partial charge in [0.25, 0.3) is 0 Å². The molecular weight excluding hydrogens is 524 g/mol. The first-order chi connectivity index (χ1) is 18.2. The van der Waals surface area contributed by atoms with Gasteiger partial charge in [0.05, 0.1) is 79.3 Å². The Bertz CT molecular complexity index is 362. The summed E-state index contributed by atoms with van der Waals surface area (Å²) in [6, 6.07) is 0. The van der Waals surface area contributed by atoms with Crippen molar-refractivity contribution in [3.05, 3.63) is 0 Å². The molecule has 0 atom stereocenters. The minimum Gasteiger partial charge on any atom is -0.382 e. The van der Waals surface area contributed by atoms with Crippen LogP contribution in [0.4, 0.5) is 0 Å². The molecule has 0 amide bonds. The number of rotatable bonds is 32. The lowest BCUT2D eigenvalue weighted by molar-refractivity contribution is -0.429. The van der Waals surface area contributed by atoms with Gasteiger partial charge in [-0.05, 0) is 0 Å². The fourth-order valence-electron chi connectivity index (χ4n) is 1.89. The van der Waals surface area contributed by atoms with Crippen molar-refractivity contribution in [2.24, 2.45) is 0 Å². The van der Waals surface area contributed by atoms with Gasteiger partial charge in [0.1, 0.15) is 26.4 Å². The normalized spacial score (nSPS) is 12.0. The fourth-order valence-corrected chi connectivity index (χ4v) is 2.97. The molecule has 37 heavy (non-hydrogen) atoms. The molecule has 0 fully saturated rings. The molecule has 0 aromatic heterocycles. The molecule has 0 unspecified atom stereocenters. The molecule has 0 aromatic rings. The Balaban J connectivity index is 4.78. The van der Waals surface area contributed by atoms with E-state index in [1.54, 1.807) is 28.4 Å². The van der Waals surface area contributed by atoms with E-state index < -0.39 is 9.05 Å². The zero-order chi connectivity index (χ0) is 27.1. The summed E-state index contributed by atoms with van der Waals surface area (Å²) < 4.78 is 62.0. The van der Waals surface area contributed by atoms with Gasteiger partial charge in [-0.2, -0.15) is 18.3 Å². The minimum atomic E-state index is -4.31. The Morgan fingerprint density at radius 1 is 0.297 bits per heavy atom. The van der Waals surface area contributed by atoms with Crippen LogP contribution in [0.25, 0.3) is 0 Å². The second-order valence-electron chi connectivity index (χ2n) is 6.54. The summed E-state index contributed by atoms with van der Waals surface area (Å²) in [6.45, 7) is 4.13. The zero-order valence-corrected chi connectivity index (χ0v) is 23.3. The van der Waals surface area contributed by atoms with Gasteiger partial charge in [-0.25, -0.2) is 19.6 Å². The predicted octanol–water partition coefficient (Wildman–Crippen LogP) is -0.133. The van der Waals surface area contributed by atoms with Crippen molar-refractivity contribution in [1.29, 1.82) is 0 Å². The van der Waals surface area contributed by atoms with E-state index in [2.05, 4.69) is 0 Å². The molecule has 0 N–H and O–H groups in total. The molecule has 0 aliphatic rings. The third-order valence-electron chi connectivity index (χ3n) is 3.62. The van der Waals surface area contributed by atoms with Crippen LogP contribution in [0.3, 0.4) is 0 Å². The number of ether oxygens (including phenoxy) is 8. The van der Waals surface area contributed by atoms with E-state index in [0.717, 1.165) is 0 Å². The highest BCUT2D eigenvalue weighted by molar-refractivity contribution is 6.52. The molecule has 0 saturated heterocycles. The summed E-state index contributed by atoms with van der Waals surface area (Å²) >= 11 is 0. The maximum absolute atomic E-state index is 5.31. The van der Waals surface area contributed by atoms with Crippen molar-refractivity contribution in [1.82, 2.24) is 0 Å². The Kier molecular flexibility index (Phi) is 29.8. The molecule has 0 bridgehead atoms. The SMILES string of the molecule is COCCOCCOO[Si](OOCCOCCOC)(OOCCOCCOC)OOCCOCCOC. The van der Waals surface area contributed by atoms with E-state index in [0.29, 0.717) is 52.9 Å². The van der Waals surface area contributed by atoms with E-state index in [9.17, 15) is 0 Å². The molecule has 0 rings (SSSR count). The molecule has 224 valence electrons. The molecule has 0 aliphatic carbocycles. The van der Waals surface area contributed by atoms with Gasteiger partial charge >= 0.3 is 9.05 Å². The van der Waals surface area contributed by atoms with E-state index in [4.69, 9.17) is 75.8 Å². The van der Waals surface area contributed by atoms with Gasteiger partial charge in [0.2, 0.25) is 0 Å². The van der Waals surface area contributed by atoms with Gasteiger partial charge in [-0.15, -0.1) is 0 Å². The highest BCUT2D eigenvalue weighted by Crippen LogP contribution is 2.15. The monoisotopic (exact) mass is 568 g/mol. The summed E-state index contributed by atoms with van der Waals surface area (Å²) in [5, 5.41) is 0. The Morgan fingerprint density at radius 3 is 0.730 bits per heavy atom. The summed E-state index contributed by atoms with van der Waals surface area (Å²) in [5.74, 6) is 0. The van der Waals surface area contributed by atoms with Crippen LogP contribution in [0.2, 0.25) is 0 Å². The lowest BCUT2D eigenvalue weighted by Crippen LogP contribution is -2.50. The molecule has 0 aromatic carbocycles. The molecule has 0 heterocycles. The quantitative estimate of drug-likeness (QED) is 0.0458. The van der Waals surface area contributed by atoms with Crippen molar-refractivity contribution in [3.8, 4) is 0 Å². The van der Waals surface area contributed by atoms with Crippen molar-refractivity contribution in [2.75, 3.05) is 134 Å². The molecule has 0 radical (unpaired) electrons. The second-order valence-corrected chi connectivity index (χ2v) is 8.21. The van der Waals surface area contributed by atoms with E-state index in [-0.39, 0.29) is 52.9 Å². The van der Waals surface area contributed by atoms with Gasteiger partial charge < -0.3 is 37.9 Å². The smallest absolute Gasteiger partial charge is 0.382 e. The van der Waals surface area contributed by atoms with Crippen LogP contribution >= 0.6 is 0 Å². The number of methoxy groups -OCH3 is 4. The minimum absolute atomic E-state index is 0.00886. The average Bonchev–Trinajstić information content (AvgIpc) is 2.91. The van der Waals surface area contributed by atoms with Crippen LogP contribution in [-0.4, -0.2) is 143 Å². The van der Waals surface area contributed by atoms with Crippen LogP contribution in [0.1, 0.15) is 0 Å². The highest BCUT2D eigenvalue weighted by Gasteiger charge is 2.55. The lowest BCUT2D eigenvalue weighted by atomic mass is 10.7. The van der Waals surface area contributed by atoms with Crippen molar-refractivity contribution < 1.29 is 75.8 Å². The van der Waals surface area contributed by atoms with Crippen molar-refractivity contribution >= 4 is 9.05 Å². The summed E-state index contributed by atoms with van der Waals surface area (Å²) in [4.78, 5) is 20.6. The molecular formula is C20H44O16Si. The Morgan fingerprint density at radius 2 is 0.514 bits per heavy atom. The van der Waals surface area contributed by atoms with E-state index in [1.807, 2.05) is 0 Å². The van der Waals surface area contributed by atoms with Crippen LogP contribution < -0.4 is 0 Å². The van der Waals surface area contributed by atoms with Crippen molar-refractivity contribution in [2.45, 2.75) is 0 Å². The third-order valence-corrected chi connectivity index (χ3v) is 4.90. The Hall–Kier alpha value is -0.423. The highest BCUT2D eigenvalue weighted by atomic mass is 28.4. The van der Waals surface area contributed by atoms with Crippen LogP contribution in [0, 0.1) is 0 Å². The number of hydrogen-bond acceptors (Lipinski definition) is 16. The van der Waals surface area contributed by atoms with Crippen molar-refractivity contribution in [3.63, 3.8) is 0 Å². The maximum atomic E-state index is 5.31. The summed E-state index contributed by atoms with van der Waals surface area (Å²) in [5.41, 5.74) is 0. The number of hydrogen-bond donors (Lipinski definition) is 0. The topological polar surface area (TPSA) is 148 Å². The fraction of sp³-hybridized carbons (Fsp3) is 1.00. The van der Waals surface area contributed by atoms with Crippen LogP contribution in [0.15, 0.2) is 0 Å². The van der Waals surface area contributed by atoms with Gasteiger partial charge in [0.15, 0.2) is 0 Å². The third kappa shape index (κ3) is 25.6. The summed E-state index contributed by atoms with van der Waals surface area (Å²) in [7, 11) is 1.98. The zero-order valence-electron chi connectivity index (χ0n) is 22.3. The largest absolute Gasteiger partial charge is 0.792 e. The van der Waals surface area contributed by atoms with E-state index >= 15 is 0 Å². The summed E-state index contributed by atoms with van der Waals surface area (Å²) in [6.07, 6.45) is 0. The molecule has 0 saturated carbocycles. The first-order valence-electron chi connectivity index (χ1n) is 11.7. The van der Waals surface area contributed by atoms with Gasteiger partial charge in [0, 0.05) is 28.4 Å². The lowest BCUT2D eigenvalue weighted by Gasteiger charge is -2.23. The predicted molar refractivity (Wildman–Crippen MR) is 125 cm³/mol. The van der Waals surface area contributed by atoms with Crippen LogP contribution in [0.5, 0.6) is 0 Å². The first kappa shape index (κ1) is 36.6. The standard InChI is InChI=1S/C20H44O16Si/c1-21-5-9-25-13-17-29-33-37(34-30-18-14-26-10-6-22-2,35-31-19-15-27-11-7-23-3)36-32-20-16-28-12-8-24-4/h5-20H2,1-4H3.